The average molecular weight is 405 g/mol. The fourth-order valence-corrected chi connectivity index (χ4v) is 2.34. The number of hydrogen-bond donors (Lipinski definition) is 2. The number of nitrogens with one attached hydrogen (secondary N) is 2. The van der Waals surface area contributed by atoms with E-state index in [2.05, 4.69) is 25.6 Å². The summed E-state index contributed by atoms with van der Waals surface area (Å²) in [6.07, 6.45) is 4.90. The standard InChI is InChI=1S/C22H23N5O3/c1-14-5-6-15(12-24-14)18-11-16(9-10-23-18)30-17-7-8-19(25-13-17)26-21(29)27-20(28)22(2,3)4/h5-13H,1-4H3,(H2,25,26,27,28,29). The van der Waals surface area contributed by atoms with E-state index in [0.717, 1.165) is 17.0 Å². The van der Waals surface area contributed by atoms with Crippen LogP contribution in [0.2, 0.25) is 0 Å². The SMILES string of the molecule is Cc1ccc(-c2cc(Oc3ccc(NC(=O)NC(=O)C(C)(C)C)nc3)ccn2)cn1. The number of imide groups is 1. The summed E-state index contributed by atoms with van der Waals surface area (Å²) in [7, 11) is 0. The minimum atomic E-state index is -0.666. The molecule has 30 heavy (non-hydrogen) atoms. The predicted octanol–water partition coefficient (Wildman–Crippen LogP) is 4.33. The van der Waals surface area contributed by atoms with Crippen molar-refractivity contribution in [3.63, 3.8) is 0 Å². The molecule has 0 saturated carbocycles. The summed E-state index contributed by atoms with van der Waals surface area (Å²) in [5.41, 5.74) is 1.90. The molecule has 0 bridgehead atoms. The van der Waals surface area contributed by atoms with Gasteiger partial charge in [-0.2, -0.15) is 0 Å². The van der Waals surface area contributed by atoms with Gasteiger partial charge in [-0.15, -0.1) is 0 Å². The van der Waals surface area contributed by atoms with Gasteiger partial charge in [-0.25, -0.2) is 9.78 Å². The molecule has 3 heterocycles. The van der Waals surface area contributed by atoms with Gasteiger partial charge in [0.05, 0.1) is 11.9 Å². The van der Waals surface area contributed by atoms with Crippen molar-refractivity contribution < 1.29 is 14.3 Å². The van der Waals surface area contributed by atoms with Crippen molar-refractivity contribution >= 4 is 17.8 Å². The molecule has 8 heteroatoms. The largest absolute Gasteiger partial charge is 0.456 e. The highest BCUT2D eigenvalue weighted by Crippen LogP contribution is 2.25. The molecule has 0 spiro atoms. The molecule has 0 aliphatic carbocycles. The van der Waals surface area contributed by atoms with E-state index in [1.54, 1.807) is 51.4 Å². The Balaban J connectivity index is 1.63. The van der Waals surface area contributed by atoms with E-state index in [9.17, 15) is 9.59 Å². The number of anilines is 1. The first-order valence-electron chi connectivity index (χ1n) is 9.36. The van der Waals surface area contributed by atoms with E-state index < -0.39 is 11.4 Å². The van der Waals surface area contributed by atoms with Crippen LogP contribution in [-0.2, 0) is 4.79 Å². The Kier molecular flexibility index (Phi) is 6.06. The number of amides is 3. The van der Waals surface area contributed by atoms with Crippen molar-refractivity contribution in [3.8, 4) is 22.8 Å². The zero-order valence-corrected chi connectivity index (χ0v) is 17.3. The van der Waals surface area contributed by atoms with Crippen LogP contribution in [0.15, 0.2) is 55.0 Å². The van der Waals surface area contributed by atoms with Gasteiger partial charge in [0.1, 0.15) is 17.3 Å². The molecule has 0 aliphatic rings. The fourth-order valence-electron chi connectivity index (χ4n) is 2.34. The van der Waals surface area contributed by atoms with Gasteiger partial charge >= 0.3 is 6.03 Å². The lowest BCUT2D eigenvalue weighted by Gasteiger charge is -2.16. The molecule has 2 N–H and O–H groups in total. The smallest absolute Gasteiger partial charge is 0.327 e. The summed E-state index contributed by atoms with van der Waals surface area (Å²) in [5.74, 6) is 1.00. The molecule has 0 aromatic carbocycles. The van der Waals surface area contributed by atoms with Crippen molar-refractivity contribution in [2.24, 2.45) is 5.41 Å². The first-order chi connectivity index (χ1) is 14.2. The van der Waals surface area contributed by atoms with Gasteiger partial charge in [0, 0.05) is 35.1 Å². The average Bonchev–Trinajstić information content (AvgIpc) is 2.69. The maximum atomic E-state index is 11.9. The number of pyridine rings is 3. The highest BCUT2D eigenvalue weighted by atomic mass is 16.5. The van der Waals surface area contributed by atoms with Gasteiger partial charge < -0.3 is 4.74 Å². The van der Waals surface area contributed by atoms with Crippen LogP contribution in [0.3, 0.4) is 0 Å². The first kappa shape index (κ1) is 20.9. The quantitative estimate of drug-likeness (QED) is 0.669. The normalized spacial score (nSPS) is 10.9. The Morgan fingerprint density at radius 3 is 2.37 bits per heavy atom. The Hall–Kier alpha value is -3.81. The van der Waals surface area contributed by atoms with Gasteiger partial charge in [0.2, 0.25) is 5.91 Å². The molecule has 154 valence electrons. The zero-order chi connectivity index (χ0) is 21.7. The second-order valence-corrected chi connectivity index (χ2v) is 7.70. The molecular formula is C22H23N5O3. The topological polar surface area (TPSA) is 106 Å². The number of ether oxygens (including phenoxy) is 1. The zero-order valence-electron chi connectivity index (χ0n) is 17.3. The van der Waals surface area contributed by atoms with E-state index in [-0.39, 0.29) is 5.91 Å². The van der Waals surface area contributed by atoms with Crippen LogP contribution < -0.4 is 15.4 Å². The third-order valence-electron chi connectivity index (χ3n) is 4.06. The van der Waals surface area contributed by atoms with Crippen LogP contribution in [0.1, 0.15) is 26.5 Å². The fraction of sp³-hybridized carbons (Fsp3) is 0.227. The molecule has 0 unspecified atom stereocenters. The van der Waals surface area contributed by atoms with E-state index >= 15 is 0 Å². The minimum Gasteiger partial charge on any atom is -0.456 e. The minimum absolute atomic E-state index is 0.294. The van der Waals surface area contributed by atoms with Crippen molar-refractivity contribution in [3.05, 3.63) is 60.7 Å². The monoisotopic (exact) mass is 405 g/mol. The summed E-state index contributed by atoms with van der Waals surface area (Å²) in [5, 5.41) is 4.79. The Labute approximate surface area is 174 Å². The van der Waals surface area contributed by atoms with Crippen LogP contribution in [0, 0.1) is 12.3 Å². The summed E-state index contributed by atoms with van der Waals surface area (Å²) >= 11 is 0. The Morgan fingerprint density at radius 2 is 1.73 bits per heavy atom. The summed E-state index contributed by atoms with van der Waals surface area (Å²) in [6.45, 7) is 7.09. The number of rotatable bonds is 4. The van der Waals surface area contributed by atoms with Gasteiger partial charge in [-0.3, -0.25) is 25.4 Å². The lowest BCUT2D eigenvalue weighted by atomic mass is 9.96. The van der Waals surface area contributed by atoms with Crippen LogP contribution in [0.4, 0.5) is 10.6 Å². The van der Waals surface area contributed by atoms with E-state index in [0.29, 0.717) is 17.3 Å². The molecule has 8 nitrogen and oxygen atoms in total. The summed E-state index contributed by atoms with van der Waals surface area (Å²) in [4.78, 5) is 36.5. The van der Waals surface area contributed by atoms with Crippen LogP contribution in [-0.4, -0.2) is 26.9 Å². The second-order valence-electron chi connectivity index (χ2n) is 7.70. The molecule has 3 amide bonds. The second kappa shape index (κ2) is 8.69. The number of nitrogens with zero attached hydrogens (tertiary/aromatic N) is 3. The van der Waals surface area contributed by atoms with Crippen LogP contribution >= 0.6 is 0 Å². The molecule has 0 saturated heterocycles. The van der Waals surface area contributed by atoms with E-state index in [4.69, 9.17) is 4.74 Å². The number of carbonyl (C=O) groups is 2. The third kappa shape index (κ3) is 5.60. The number of hydrogen-bond acceptors (Lipinski definition) is 6. The molecule has 0 aliphatic heterocycles. The Morgan fingerprint density at radius 1 is 0.933 bits per heavy atom. The molecule has 0 fully saturated rings. The van der Waals surface area contributed by atoms with Crippen LogP contribution in [0.5, 0.6) is 11.5 Å². The number of aryl methyl sites for hydroxylation is 1. The first-order valence-corrected chi connectivity index (χ1v) is 9.36. The van der Waals surface area contributed by atoms with Gasteiger partial charge in [0.25, 0.3) is 0 Å². The van der Waals surface area contributed by atoms with E-state index in [1.165, 1.54) is 6.20 Å². The molecular weight excluding hydrogens is 382 g/mol. The third-order valence-corrected chi connectivity index (χ3v) is 4.06. The molecule has 3 rings (SSSR count). The molecule has 0 atom stereocenters. The maximum Gasteiger partial charge on any atom is 0.327 e. The van der Waals surface area contributed by atoms with Crippen molar-refractivity contribution in [1.29, 1.82) is 0 Å². The highest BCUT2D eigenvalue weighted by Gasteiger charge is 2.23. The number of carbonyl (C=O) groups excluding carboxylic acids is 2. The molecule has 3 aromatic heterocycles. The van der Waals surface area contributed by atoms with Gasteiger partial charge in [-0.1, -0.05) is 20.8 Å². The summed E-state index contributed by atoms with van der Waals surface area (Å²) < 4.78 is 5.83. The Bertz CT molecular complexity index is 1040. The van der Waals surface area contributed by atoms with E-state index in [1.807, 2.05) is 25.1 Å². The van der Waals surface area contributed by atoms with Gasteiger partial charge in [-0.05, 0) is 37.3 Å². The van der Waals surface area contributed by atoms with Crippen molar-refractivity contribution in [2.75, 3.05) is 5.32 Å². The maximum absolute atomic E-state index is 11.9. The van der Waals surface area contributed by atoms with Gasteiger partial charge in [0.15, 0.2) is 0 Å². The summed E-state index contributed by atoms with van der Waals surface area (Å²) in [6, 6.07) is 10.0. The highest BCUT2D eigenvalue weighted by molar-refractivity contribution is 6.02. The number of aromatic nitrogens is 3. The predicted molar refractivity (Wildman–Crippen MR) is 113 cm³/mol. The molecule has 3 aromatic rings. The lowest BCUT2D eigenvalue weighted by molar-refractivity contribution is -0.127. The van der Waals surface area contributed by atoms with Crippen molar-refractivity contribution in [1.82, 2.24) is 20.3 Å². The molecule has 0 radical (unpaired) electrons. The van der Waals surface area contributed by atoms with Crippen LogP contribution in [0.25, 0.3) is 11.3 Å². The lowest BCUT2D eigenvalue weighted by Crippen LogP contribution is -2.41. The van der Waals surface area contributed by atoms with Crippen molar-refractivity contribution in [2.45, 2.75) is 27.7 Å². The number of urea groups is 1.